The average Bonchev–Trinajstić information content (AvgIpc) is 2.84. The highest BCUT2D eigenvalue weighted by molar-refractivity contribution is 5.73. The van der Waals surface area contributed by atoms with Gasteiger partial charge in [0.1, 0.15) is 18.3 Å². The molecule has 198 valence electrons. The molecule has 0 unspecified atom stereocenters. The van der Waals surface area contributed by atoms with Gasteiger partial charge in [-0.2, -0.15) is 0 Å². The van der Waals surface area contributed by atoms with Gasteiger partial charge in [0.2, 0.25) is 6.29 Å². The van der Waals surface area contributed by atoms with Crippen LogP contribution in [0.4, 0.5) is 0 Å². The van der Waals surface area contributed by atoms with E-state index in [1.54, 1.807) is 24.3 Å². The van der Waals surface area contributed by atoms with Gasteiger partial charge in [-0.25, -0.2) is 4.79 Å². The van der Waals surface area contributed by atoms with Crippen LogP contribution in [0.3, 0.4) is 0 Å². The summed E-state index contributed by atoms with van der Waals surface area (Å²) < 4.78 is 21.4. The van der Waals surface area contributed by atoms with Gasteiger partial charge in [-0.3, -0.25) is 0 Å². The summed E-state index contributed by atoms with van der Waals surface area (Å²) in [5.41, 5.74) is 1.98. The number of methoxy groups -OCH3 is 2. The van der Waals surface area contributed by atoms with Crippen LogP contribution in [-0.4, -0.2) is 76.4 Å². The van der Waals surface area contributed by atoms with Gasteiger partial charge in [0.05, 0.1) is 14.2 Å². The summed E-state index contributed by atoms with van der Waals surface area (Å²) in [5.74, 6) is 0.164. The van der Waals surface area contributed by atoms with Gasteiger partial charge in [-0.05, 0) is 60.1 Å². The van der Waals surface area contributed by atoms with E-state index >= 15 is 0 Å². The van der Waals surface area contributed by atoms with Crippen molar-refractivity contribution in [3.63, 3.8) is 0 Å². The number of aliphatic hydroxyl groups excluding tert-OH is 3. The lowest BCUT2D eigenvalue weighted by atomic mass is 9.85. The molecule has 1 heterocycles. The van der Waals surface area contributed by atoms with Crippen molar-refractivity contribution in [3.8, 4) is 23.0 Å². The summed E-state index contributed by atoms with van der Waals surface area (Å²) in [7, 11) is 2.96. The molecule has 0 saturated carbocycles. The third kappa shape index (κ3) is 6.19. The van der Waals surface area contributed by atoms with E-state index < -0.39 is 36.7 Å². The number of aromatic hydroxyl groups is 1. The zero-order chi connectivity index (χ0) is 26.6. The Morgan fingerprint density at radius 3 is 1.94 bits per heavy atom. The Labute approximate surface area is 209 Å². The third-order valence-electron chi connectivity index (χ3n) is 6.61. The van der Waals surface area contributed by atoms with Crippen molar-refractivity contribution < 1.29 is 49.3 Å². The first-order valence-electron chi connectivity index (χ1n) is 11.7. The number of aliphatic carboxylic acids is 1. The normalized spacial score (nSPS) is 25.6. The van der Waals surface area contributed by atoms with E-state index in [4.69, 9.17) is 18.9 Å². The van der Waals surface area contributed by atoms with Crippen LogP contribution in [0.25, 0.3) is 0 Å². The molecular formula is C26H34O10. The molecule has 7 atom stereocenters. The van der Waals surface area contributed by atoms with Gasteiger partial charge in [-0.1, -0.05) is 26.0 Å². The molecular weight excluding hydrogens is 472 g/mol. The number of rotatable bonds is 10. The fourth-order valence-electron chi connectivity index (χ4n) is 4.22. The fourth-order valence-corrected chi connectivity index (χ4v) is 4.22. The van der Waals surface area contributed by atoms with Crippen LogP contribution in [-0.2, 0) is 22.4 Å². The molecule has 3 rings (SSSR count). The number of phenols is 1. The molecule has 10 heteroatoms. The maximum atomic E-state index is 11.3. The molecule has 0 aliphatic carbocycles. The summed E-state index contributed by atoms with van der Waals surface area (Å²) in [5, 5.41) is 49.3. The molecule has 1 aliphatic rings. The fraction of sp³-hybridized carbons (Fsp3) is 0.500. The lowest BCUT2D eigenvalue weighted by Gasteiger charge is -2.38. The number of hydrogen-bond donors (Lipinski definition) is 5. The zero-order valence-electron chi connectivity index (χ0n) is 20.7. The summed E-state index contributed by atoms with van der Waals surface area (Å²) in [6.07, 6.45) is -7.01. The molecule has 0 aromatic heterocycles. The average molecular weight is 507 g/mol. The molecule has 0 radical (unpaired) electrons. The number of carboxylic acids is 1. The Morgan fingerprint density at radius 1 is 0.861 bits per heavy atom. The number of phenolic OH excluding ortho intramolecular Hbond substituents is 1. The largest absolute Gasteiger partial charge is 0.504 e. The second-order valence-electron chi connectivity index (χ2n) is 9.21. The molecule has 0 spiro atoms. The van der Waals surface area contributed by atoms with E-state index in [-0.39, 0.29) is 17.4 Å². The van der Waals surface area contributed by atoms with Crippen molar-refractivity contribution in [2.45, 2.75) is 57.4 Å². The van der Waals surface area contributed by atoms with Gasteiger partial charge in [0.15, 0.2) is 29.1 Å². The van der Waals surface area contributed by atoms with Gasteiger partial charge >= 0.3 is 5.97 Å². The Balaban J connectivity index is 1.67. The molecule has 36 heavy (non-hydrogen) atoms. The minimum Gasteiger partial charge on any atom is -0.504 e. The van der Waals surface area contributed by atoms with Crippen LogP contribution >= 0.6 is 0 Å². The standard InChI is InChI=1S/C26H34O10/c1-13(9-15-5-7-18(33-3)17(27)11-15)14(2)10-16-6-8-19(20(12-16)34-4)35-26-23(30)21(28)22(29)24(36-26)25(31)32/h5-8,11-14,21-24,26-30H,9-10H2,1-4H3,(H,31,32)/t13-,14+,21-,22-,23+,24-,26+/m0/s1. The van der Waals surface area contributed by atoms with Crippen molar-refractivity contribution in [1.29, 1.82) is 0 Å². The van der Waals surface area contributed by atoms with Crippen LogP contribution in [0.15, 0.2) is 36.4 Å². The SMILES string of the molecule is COc1ccc(C[C@H](C)[C@H](C)Cc2ccc(O[C@@H]3O[C@H](C(=O)O)[C@@H](O)[C@H](O)[C@H]3O)c(OC)c2)cc1O. The zero-order valence-corrected chi connectivity index (χ0v) is 20.7. The lowest BCUT2D eigenvalue weighted by molar-refractivity contribution is -0.271. The first-order valence-corrected chi connectivity index (χ1v) is 11.7. The van der Waals surface area contributed by atoms with E-state index in [9.17, 15) is 30.3 Å². The summed E-state index contributed by atoms with van der Waals surface area (Å²) >= 11 is 0. The van der Waals surface area contributed by atoms with Gasteiger partial charge in [-0.15, -0.1) is 0 Å². The third-order valence-corrected chi connectivity index (χ3v) is 6.61. The smallest absolute Gasteiger partial charge is 0.335 e. The molecule has 5 N–H and O–H groups in total. The highest BCUT2D eigenvalue weighted by Crippen LogP contribution is 2.34. The predicted octanol–water partition coefficient (Wildman–Crippen LogP) is 1.74. The Bertz CT molecular complexity index is 1040. The number of carbonyl (C=O) groups is 1. The van der Waals surface area contributed by atoms with Crippen LogP contribution in [0.5, 0.6) is 23.0 Å². The second kappa shape index (κ2) is 11.8. The van der Waals surface area contributed by atoms with Crippen molar-refractivity contribution in [3.05, 3.63) is 47.5 Å². The highest BCUT2D eigenvalue weighted by atomic mass is 16.7. The Morgan fingerprint density at radius 2 is 1.42 bits per heavy atom. The van der Waals surface area contributed by atoms with Gasteiger partial charge in [0.25, 0.3) is 0 Å². The van der Waals surface area contributed by atoms with E-state index in [0.717, 1.165) is 24.0 Å². The molecule has 2 aromatic rings. The first kappa shape index (κ1) is 27.5. The van der Waals surface area contributed by atoms with Crippen LogP contribution in [0.1, 0.15) is 25.0 Å². The van der Waals surface area contributed by atoms with Crippen molar-refractivity contribution in [2.75, 3.05) is 14.2 Å². The quantitative estimate of drug-likeness (QED) is 0.322. The topological polar surface area (TPSA) is 155 Å². The summed E-state index contributed by atoms with van der Waals surface area (Å²) in [6.45, 7) is 4.27. The van der Waals surface area contributed by atoms with Crippen molar-refractivity contribution >= 4 is 5.97 Å². The molecule has 0 amide bonds. The monoisotopic (exact) mass is 506 g/mol. The Kier molecular flexibility index (Phi) is 9.02. The molecule has 2 aromatic carbocycles. The van der Waals surface area contributed by atoms with Crippen LogP contribution in [0.2, 0.25) is 0 Å². The van der Waals surface area contributed by atoms with Gasteiger partial charge < -0.3 is 44.5 Å². The summed E-state index contributed by atoms with van der Waals surface area (Å²) in [6, 6.07) is 10.6. The van der Waals surface area contributed by atoms with Crippen molar-refractivity contribution in [2.24, 2.45) is 11.8 Å². The number of carboxylic acid groups (broad SMARTS) is 1. The minimum absolute atomic E-state index is 0.110. The maximum absolute atomic E-state index is 11.3. The van der Waals surface area contributed by atoms with Crippen molar-refractivity contribution in [1.82, 2.24) is 0 Å². The van der Waals surface area contributed by atoms with E-state index in [1.165, 1.54) is 14.2 Å². The predicted molar refractivity (Wildman–Crippen MR) is 128 cm³/mol. The van der Waals surface area contributed by atoms with Crippen LogP contribution < -0.4 is 14.2 Å². The maximum Gasteiger partial charge on any atom is 0.335 e. The van der Waals surface area contributed by atoms with E-state index in [0.29, 0.717) is 17.4 Å². The van der Waals surface area contributed by atoms with E-state index in [1.807, 2.05) is 12.1 Å². The number of hydrogen-bond acceptors (Lipinski definition) is 9. The first-order chi connectivity index (χ1) is 17.0. The summed E-state index contributed by atoms with van der Waals surface area (Å²) in [4.78, 5) is 11.3. The minimum atomic E-state index is -1.80. The van der Waals surface area contributed by atoms with E-state index in [2.05, 4.69) is 13.8 Å². The Hall–Kier alpha value is -3.05. The lowest BCUT2D eigenvalue weighted by Crippen LogP contribution is -2.61. The number of ether oxygens (including phenoxy) is 4. The number of aliphatic hydroxyl groups is 3. The molecule has 10 nitrogen and oxygen atoms in total. The van der Waals surface area contributed by atoms with Gasteiger partial charge in [0, 0.05) is 0 Å². The molecule has 1 saturated heterocycles. The molecule has 1 fully saturated rings. The number of benzene rings is 2. The van der Waals surface area contributed by atoms with Crippen LogP contribution in [0, 0.1) is 11.8 Å². The highest BCUT2D eigenvalue weighted by Gasteiger charge is 2.48. The second-order valence-corrected chi connectivity index (χ2v) is 9.21. The molecule has 0 bridgehead atoms. The molecule has 1 aliphatic heterocycles.